The van der Waals surface area contributed by atoms with Gasteiger partial charge in [0, 0.05) is 6.04 Å². The van der Waals surface area contributed by atoms with Gasteiger partial charge in [-0.2, -0.15) is 9.97 Å². The summed E-state index contributed by atoms with van der Waals surface area (Å²) in [7, 11) is -4.27. The van der Waals surface area contributed by atoms with Crippen molar-refractivity contribution in [3.05, 3.63) is 11.6 Å². The Kier molecular flexibility index (Phi) is 9.55. The van der Waals surface area contributed by atoms with Crippen LogP contribution in [0.3, 0.4) is 0 Å². The molecular formula is C26H39ClN5O10P. The lowest BCUT2D eigenvalue weighted by Crippen LogP contribution is -2.33. The molecule has 0 amide bonds. The van der Waals surface area contributed by atoms with Crippen LogP contribution in [0.25, 0.3) is 11.2 Å². The van der Waals surface area contributed by atoms with E-state index in [0.717, 1.165) is 25.7 Å². The van der Waals surface area contributed by atoms with E-state index in [1.165, 1.54) is 0 Å². The second-order valence-electron chi connectivity index (χ2n) is 12.5. The number of nitrogens with one attached hydrogen (secondary N) is 1. The molecular weight excluding hydrogens is 609 g/mol. The number of anilines is 1. The zero-order chi connectivity index (χ0) is 31.0. The van der Waals surface area contributed by atoms with Gasteiger partial charge in [0.25, 0.3) is 0 Å². The third kappa shape index (κ3) is 8.14. The fraction of sp³-hybridized carbons (Fsp3) is 0.769. The summed E-state index contributed by atoms with van der Waals surface area (Å²) < 4.78 is 52.8. The van der Waals surface area contributed by atoms with Crippen molar-refractivity contribution in [3.63, 3.8) is 0 Å². The minimum absolute atomic E-state index is 0.0678. The van der Waals surface area contributed by atoms with Gasteiger partial charge < -0.3 is 38.6 Å². The Bertz CT molecular complexity index is 1350. The summed E-state index contributed by atoms with van der Waals surface area (Å²) in [6.07, 6.45) is 1.80. The van der Waals surface area contributed by atoms with E-state index in [1.54, 1.807) is 24.7 Å². The van der Waals surface area contributed by atoms with Crippen LogP contribution in [0.2, 0.25) is 5.28 Å². The van der Waals surface area contributed by atoms with Crippen LogP contribution >= 0.6 is 19.2 Å². The maximum absolute atomic E-state index is 12.4. The highest BCUT2D eigenvalue weighted by molar-refractivity contribution is 7.52. The van der Waals surface area contributed by atoms with Crippen molar-refractivity contribution < 1.29 is 47.2 Å². The number of halogens is 1. The highest BCUT2D eigenvalue weighted by atomic mass is 35.5. The normalized spacial score (nSPS) is 26.9. The predicted octanol–water partition coefficient (Wildman–Crippen LogP) is 4.58. The number of imidazole rings is 1. The molecule has 3 aliphatic rings. The summed E-state index contributed by atoms with van der Waals surface area (Å²) in [6.45, 7) is 8.45. The van der Waals surface area contributed by atoms with E-state index in [0.29, 0.717) is 23.0 Å². The van der Waals surface area contributed by atoms with Crippen LogP contribution in [0, 0.1) is 5.41 Å². The number of hydrogen-bond donors (Lipinski definition) is 2. The van der Waals surface area contributed by atoms with Crippen LogP contribution in [0.15, 0.2) is 6.33 Å². The quantitative estimate of drug-likeness (QED) is 0.150. The molecule has 15 nitrogen and oxygen atoms in total. The highest BCUT2D eigenvalue weighted by Gasteiger charge is 2.56. The van der Waals surface area contributed by atoms with Gasteiger partial charge in [-0.25, -0.2) is 9.78 Å². The predicted molar refractivity (Wildman–Crippen MR) is 152 cm³/mol. The van der Waals surface area contributed by atoms with Crippen molar-refractivity contribution in [2.45, 2.75) is 96.7 Å². The molecule has 43 heavy (non-hydrogen) atoms. The number of rotatable bonds is 11. The van der Waals surface area contributed by atoms with Crippen LogP contribution in [0.1, 0.15) is 66.5 Å². The Morgan fingerprint density at radius 3 is 2.65 bits per heavy atom. The molecule has 4 heterocycles. The van der Waals surface area contributed by atoms with Crippen LogP contribution in [0.4, 0.5) is 10.6 Å². The molecule has 17 heteroatoms. The minimum atomic E-state index is -4.27. The Balaban J connectivity index is 1.21. The topological polar surface area (TPSA) is 175 Å². The third-order valence-corrected chi connectivity index (χ3v) is 8.27. The van der Waals surface area contributed by atoms with Gasteiger partial charge >= 0.3 is 13.8 Å². The fourth-order valence-electron chi connectivity index (χ4n) is 5.25. The van der Waals surface area contributed by atoms with Gasteiger partial charge in [0.05, 0.1) is 19.5 Å². The van der Waals surface area contributed by atoms with Gasteiger partial charge in [-0.3, -0.25) is 13.7 Å². The van der Waals surface area contributed by atoms with E-state index in [2.05, 4.69) is 20.3 Å². The Morgan fingerprint density at radius 2 is 1.93 bits per heavy atom. The highest BCUT2D eigenvalue weighted by Crippen LogP contribution is 2.45. The zero-order valence-corrected chi connectivity index (χ0v) is 26.5. The summed E-state index contributed by atoms with van der Waals surface area (Å²) in [6, 6.07) is 0.292. The molecule has 2 saturated heterocycles. The number of hydrogen-bond acceptors (Lipinski definition) is 13. The van der Waals surface area contributed by atoms with Crippen molar-refractivity contribution in [3.8, 4) is 0 Å². The molecule has 0 spiro atoms. The lowest BCUT2D eigenvalue weighted by Gasteiger charge is -2.25. The number of ether oxygens (including phenoxy) is 6. The largest absolute Gasteiger partial charge is 0.510 e. The average molecular weight is 648 g/mol. The smallest absolute Gasteiger partial charge is 0.434 e. The minimum Gasteiger partial charge on any atom is -0.434 e. The van der Waals surface area contributed by atoms with Crippen molar-refractivity contribution in [1.82, 2.24) is 19.5 Å². The average Bonchev–Trinajstić information content (AvgIpc) is 3.67. The molecule has 2 aromatic rings. The van der Waals surface area contributed by atoms with Crippen LogP contribution in [-0.4, -0.2) is 87.1 Å². The van der Waals surface area contributed by atoms with E-state index >= 15 is 0 Å². The van der Waals surface area contributed by atoms with E-state index < -0.39 is 57.2 Å². The first-order valence-electron chi connectivity index (χ1n) is 14.2. The Hall–Kier alpha value is -2.10. The van der Waals surface area contributed by atoms with Gasteiger partial charge in [0.15, 0.2) is 29.0 Å². The summed E-state index contributed by atoms with van der Waals surface area (Å²) in [5.74, 6) is -0.355. The second-order valence-corrected chi connectivity index (χ2v) is 14.7. The molecule has 2 aliphatic heterocycles. The number of carbonyl (C=O) groups excluding carboxylic acids is 1. The Morgan fingerprint density at radius 1 is 1.21 bits per heavy atom. The first-order chi connectivity index (χ1) is 20.2. The monoisotopic (exact) mass is 647 g/mol. The molecule has 1 aliphatic carbocycles. The molecule has 0 radical (unpaired) electrons. The SMILES string of the molecule is CC(C)(C)COC(=O)OCOP(=O)(O)COC[C@H]1O[C@@H](n2cnc3c(NC4CCCC4)nc(Cl)nc32)[C@@H]2OC(C)(C)O[C@@H]21. The zero-order valence-electron chi connectivity index (χ0n) is 24.9. The standard InChI is InChI=1S/C26H39ClN5O10P/c1-25(2,3)11-37-24(33)38-13-39-43(34,35)14-36-10-16-18-19(42-26(4,5)41-18)22(40-16)32-12-28-17-20(29-15-8-6-7-9-15)30-23(27)31-21(17)32/h12,15-16,18-19,22H,6-11,13-14H2,1-5H3,(H,34,35)(H,29,30,31)/t16-,18-,19-,22-/m1/s1. The molecule has 2 N–H and O–H groups in total. The molecule has 5 atom stereocenters. The Labute approximate surface area is 254 Å². The lowest BCUT2D eigenvalue weighted by molar-refractivity contribution is -0.201. The molecule has 0 aromatic carbocycles. The second kappa shape index (κ2) is 12.7. The van der Waals surface area contributed by atoms with Crippen molar-refractivity contribution in [2.75, 3.05) is 31.7 Å². The van der Waals surface area contributed by atoms with Gasteiger partial charge in [-0.05, 0) is 43.7 Å². The lowest BCUT2D eigenvalue weighted by atomic mass is 9.99. The number of aromatic nitrogens is 4. The maximum atomic E-state index is 12.4. The van der Waals surface area contributed by atoms with Crippen LogP contribution in [0.5, 0.6) is 0 Å². The number of carbonyl (C=O) groups is 1. The summed E-state index contributed by atoms with van der Waals surface area (Å²) >= 11 is 6.31. The summed E-state index contributed by atoms with van der Waals surface area (Å²) in [4.78, 5) is 35.2. The fourth-order valence-corrected chi connectivity index (χ4v) is 6.05. The third-order valence-electron chi connectivity index (χ3n) is 7.08. The maximum Gasteiger partial charge on any atom is 0.510 e. The van der Waals surface area contributed by atoms with Gasteiger partial charge in [0.2, 0.25) is 12.1 Å². The van der Waals surface area contributed by atoms with Crippen molar-refractivity contribution in [2.24, 2.45) is 5.41 Å². The summed E-state index contributed by atoms with van der Waals surface area (Å²) in [5.41, 5.74) is 0.760. The van der Waals surface area contributed by atoms with Crippen LogP contribution in [-0.2, 0) is 37.5 Å². The molecule has 2 aromatic heterocycles. The van der Waals surface area contributed by atoms with Crippen LogP contribution < -0.4 is 5.32 Å². The van der Waals surface area contributed by atoms with Gasteiger partial charge in [0.1, 0.15) is 24.7 Å². The van der Waals surface area contributed by atoms with Gasteiger partial charge in [-0.1, -0.05) is 33.6 Å². The molecule has 1 saturated carbocycles. The first-order valence-corrected chi connectivity index (χ1v) is 16.4. The molecule has 0 bridgehead atoms. The van der Waals surface area contributed by atoms with E-state index in [1.807, 2.05) is 20.8 Å². The van der Waals surface area contributed by atoms with Gasteiger partial charge in [-0.15, -0.1) is 0 Å². The van der Waals surface area contributed by atoms with E-state index in [9.17, 15) is 14.3 Å². The number of fused-ring (bicyclic) bond motifs is 2. The number of nitrogens with zero attached hydrogens (tertiary/aromatic N) is 4. The van der Waals surface area contributed by atoms with E-state index in [4.69, 9.17) is 44.5 Å². The molecule has 1 unspecified atom stereocenters. The van der Waals surface area contributed by atoms with Crippen molar-refractivity contribution in [1.29, 1.82) is 0 Å². The molecule has 3 fully saturated rings. The van der Waals surface area contributed by atoms with Crippen molar-refractivity contribution >= 4 is 42.3 Å². The first kappa shape index (κ1) is 32.3. The molecule has 5 rings (SSSR count). The summed E-state index contributed by atoms with van der Waals surface area (Å²) in [5, 5.41) is 3.51. The molecule has 240 valence electrons. The van der Waals surface area contributed by atoms with E-state index in [-0.39, 0.29) is 23.9 Å².